The van der Waals surface area contributed by atoms with Crippen molar-refractivity contribution in [3.8, 4) is 17.0 Å². The number of likely N-dealkylation sites (tertiary alicyclic amines) is 1. The highest BCUT2D eigenvalue weighted by molar-refractivity contribution is 5.75. The summed E-state index contributed by atoms with van der Waals surface area (Å²) >= 11 is 0. The zero-order valence-corrected chi connectivity index (χ0v) is 18.3. The third-order valence-corrected chi connectivity index (χ3v) is 5.55. The van der Waals surface area contributed by atoms with Crippen molar-refractivity contribution in [2.24, 2.45) is 5.73 Å². The Morgan fingerprint density at radius 3 is 2.71 bits per heavy atom. The van der Waals surface area contributed by atoms with E-state index in [-0.39, 0.29) is 42.2 Å². The summed E-state index contributed by atoms with van der Waals surface area (Å²) in [4.78, 5) is 6.03. The van der Waals surface area contributed by atoms with Crippen molar-refractivity contribution in [1.82, 2.24) is 9.88 Å². The Bertz CT molecular complexity index is 1120. The van der Waals surface area contributed by atoms with E-state index in [1.54, 1.807) is 4.90 Å². The molecule has 0 radical (unpaired) electrons. The molecule has 1 aliphatic rings. The van der Waals surface area contributed by atoms with Crippen molar-refractivity contribution in [2.45, 2.75) is 31.7 Å². The highest BCUT2D eigenvalue weighted by Crippen LogP contribution is 2.39. The van der Waals surface area contributed by atoms with Gasteiger partial charge in [-0.05, 0) is 36.6 Å². The monoisotopic (exact) mass is 474 g/mol. The lowest BCUT2D eigenvalue weighted by Crippen LogP contribution is -2.35. The van der Waals surface area contributed by atoms with Crippen LogP contribution in [0.5, 0.6) is 5.75 Å². The first-order chi connectivity index (χ1) is 16.3. The minimum Gasteiger partial charge on any atom is -0.491 e. The van der Waals surface area contributed by atoms with Gasteiger partial charge < -0.3 is 24.5 Å². The highest BCUT2D eigenvalue weighted by Gasteiger charge is 2.35. The molecule has 0 aliphatic carbocycles. The molecule has 1 fully saturated rings. The fourth-order valence-corrected chi connectivity index (χ4v) is 3.90. The smallest absolute Gasteiger partial charge is 0.419 e. The van der Waals surface area contributed by atoms with E-state index in [2.05, 4.69) is 4.98 Å². The van der Waals surface area contributed by atoms with Crippen LogP contribution >= 0.6 is 0 Å². The number of guanidine groups is 1. The molecular formula is C24H25F3N4O3. The zero-order valence-electron chi connectivity index (χ0n) is 18.3. The fraction of sp³-hybridized carbons (Fsp3) is 0.333. The first kappa shape index (κ1) is 23.6. The van der Waals surface area contributed by atoms with Gasteiger partial charge in [0.1, 0.15) is 30.4 Å². The molecule has 1 atom stereocenters. The Labute approximate surface area is 194 Å². The number of nitrogens with zero attached hydrogens (tertiary/aromatic N) is 2. The Morgan fingerprint density at radius 1 is 1.18 bits per heavy atom. The molecule has 34 heavy (non-hydrogen) atoms. The molecule has 2 heterocycles. The standard InChI is InChI=1S/C24H25F3N4O3/c25-24(26,27)18-13-17(19-15-34-22(30-19)20-7-4-10-31(20)23(28)29)8-9-21(18)33-12-11-32-14-16-5-2-1-3-6-16/h1-3,5-6,8-9,13,15,20H,4,7,10-12,14H2,(H3,28,29)/t20-/m0/s1. The minimum atomic E-state index is -4.61. The van der Waals surface area contributed by atoms with Crippen LogP contribution in [0.25, 0.3) is 11.3 Å². The van der Waals surface area contributed by atoms with Crippen LogP contribution in [0, 0.1) is 5.41 Å². The first-order valence-electron chi connectivity index (χ1n) is 10.8. The van der Waals surface area contributed by atoms with E-state index in [4.69, 9.17) is 25.0 Å². The number of alkyl halides is 3. The molecule has 0 spiro atoms. The Kier molecular flexibility index (Phi) is 7.06. The van der Waals surface area contributed by atoms with E-state index in [1.165, 1.54) is 18.4 Å². The Hall–Kier alpha value is -3.53. The van der Waals surface area contributed by atoms with Gasteiger partial charge in [0.15, 0.2) is 5.96 Å². The predicted octanol–water partition coefficient (Wildman–Crippen LogP) is 4.99. The van der Waals surface area contributed by atoms with E-state index >= 15 is 0 Å². The molecule has 0 unspecified atom stereocenters. The maximum absolute atomic E-state index is 13.7. The molecular weight excluding hydrogens is 449 g/mol. The summed E-state index contributed by atoms with van der Waals surface area (Å²) in [5.41, 5.74) is 6.20. The maximum Gasteiger partial charge on any atom is 0.419 e. The number of benzene rings is 2. The maximum atomic E-state index is 13.7. The van der Waals surface area contributed by atoms with Crippen LogP contribution in [-0.2, 0) is 17.5 Å². The number of ether oxygens (including phenoxy) is 2. The SMILES string of the molecule is N=C(N)N1CCC[C@H]1c1nc(-c2ccc(OCCOCc3ccccc3)c(C(F)(F)F)c2)co1. The summed E-state index contributed by atoms with van der Waals surface area (Å²) in [5.74, 6) is -0.0372. The second kappa shape index (κ2) is 10.2. The molecule has 3 N–H and O–H groups in total. The first-order valence-corrected chi connectivity index (χ1v) is 10.8. The van der Waals surface area contributed by atoms with Crippen molar-refractivity contribution < 1.29 is 27.1 Å². The summed E-state index contributed by atoms with van der Waals surface area (Å²) in [6.45, 7) is 1.09. The topological polar surface area (TPSA) is 97.6 Å². The van der Waals surface area contributed by atoms with Crippen molar-refractivity contribution in [2.75, 3.05) is 19.8 Å². The molecule has 10 heteroatoms. The van der Waals surface area contributed by atoms with Gasteiger partial charge in [-0.3, -0.25) is 5.41 Å². The molecule has 1 saturated heterocycles. The fourth-order valence-electron chi connectivity index (χ4n) is 3.90. The minimum absolute atomic E-state index is 0.0219. The number of nitrogens with two attached hydrogens (primary N) is 1. The van der Waals surface area contributed by atoms with Crippen LogP contribution in [-0.4, -0.2) is 35.6 Å². The van der Waals surface area contributed by atoms with Crippen LogP contribution in [0.4, 0.5) is 13.2 Å². The lowest BCUT2D eigenvalue weighted by Gasteiger charge is -2.21. The molecule has 180 valence electrons. The van der Waals surface area contributed by atoms with E-state index in [1.807, 2.05) is 30.3 Å². The summed E-state index contributed by atoms with van der Waals surface area (Å²) in [7, 11) is 0. The number of halogens is 3. The van der Waals surface area contributed by atoms with E-state index in [0.717, 1.165) is 18.1 Å². The molecule has 0 saturated carbocycles. The molecule has 2 aromatic carbocycles. The van der Waals surface area contributed by atoms with E-state index < -0.39 is 11.7 Å². The quantitative estimate of drug-likeness (QED) is 0.271. The molecule has 1 aliphatic heterocycles. The van der Waals surface area contributed by atoms with Crippen LogP contribution in [0.2, 0.25) is 0 Å². The van der Waals surface area contributed by atoms with Gasteiger partial charge in [-0.15, -0.1) is 0 Å². The molecule has 3 aromatic rings. The van der Waals surface area contributed by atoms with E-state index in [9.17, 15) is 13.2 Å². The number of nitrogens with one attached hydrogen (secondary N) is 1. The van der Waals surface area contributed by atoms with Gasteiger partial charge in [0.05, 0.1) is 18.8 Å². The van der Waals surface area contributed by atoms with Crippen molar-refractivity contribution in [3.05, 3.63) is 71.8 Å². The summed E-state index contributed by atoms with van der Waals surface area (Å²) in [5, 5.41) is 7.67. The molecule has 4 rings (SSSR count). The lowest BCUT2D eigenvalue weighted by molar-refractivity contribution is -0.139. The molecule has 7 nitrogen and oxygen atoms in total. The average molecular weight is 474 g/mol. The Morgan fingerprint density at radius 2 is 1.97 bits per heavy atom. The van der Waals surface area contributed by atoms with Gasteiger partial charge in [-0.2, -0.15) is 13.2 Å². The number of oxazole rings is 1. The molecule has 0 amide bonds. The second-order valence-electron chi connectivity index (χ2n) is 7.90. The van der Waals surface area contributed by atoms with Crippen molar-refractivity contribution in [1.29, 1.82) is 5.41 Å². The van der Waals surface area contributed by atoms with Crippen LogP contribution in [0.15, 0.2) is 59.2 Å². The van der Waals surface area contributed by atoms with Crippen LogP contribution in [0.3, 0.4) is 0 Å². The molecule has 0 bridgehead atoms. The van der Waals surface area contributed by atoms with Crippen molar-refractivity contribution in [3.63, 3.8) is 0 Å². The van der Waals surface area contributed by atoms with Gasteiger partial charge in [-0.1, -0.05) is 30.3 Å². The number of aromatic nitrogens is 1. The van der Waals surface area contributed by atoms with Gasteiger partial charge in [-0.25, -0.2) is 4.98 Å². The van der Waals surface area contributed by atoms with Gasteiger partial charge in [0.25, 0.3) is 0 Å². The second-order valence-corrected chi connectivity index (χ2v) is 7.90. The number of rotatable bonds is 8. The number of hydrogen-bond donors (Lipinski definition) is 2. The normalized spacial score (nSPS) is 16.1. The predicted molar refractivity (Wildman–Crippen MR) is 119 cm³/mol. The Balaban J connectivity index is 1.44. The van der Waals surface area contributed by atoms with Crippen molar-refractivity contribution >= 4 is 5.96 Å². The van der Waals surface area contributed by atoms with E-state index in [0.29, 0.717) is 25.5 Å². The third kappa shape index (κ3) is 5.51. The summed E-state index contributed by atoms with van der Waals surface area (Å²) in [6, 6.07) is 13.0. The average Bonchev–Trinajstić information content (AvgIpc) is 3.49. The van der Waals surface area contributed by atoms with Gasteiger partial charge in [0.2, 0.25) is 5.89 Å². The van der Waals surface area contributed by atoms with Crippen LogP contribution in [0.1, 0.15) is 35.9 Å². The largest absolute Gasteiger partial charge is 0.491 e. The zero-order chi connectivity index (χ0) is 24.1. The van der Waals surface area contributed by atoms with Gasteiger partial charge >= 0.3 is 6.18 Å². The summed E-state index contributed by atoms with van der Waals surface area (Å²) < 4.78 is 57.6. The summed E-state index contributed by atoms with van der Waals surface area (Å²) in [6.07, 6.45) is -1.77. The highest BCUT2D eigenvalue weighted by atomic mass is 19.4. The lowest BCUT2D eigenvalue weighted by atomic mass is 10.1. The number of hydrogen-bond acceptors (Lipinski definition) is 5. The molecule has 1 aromatic heterocycles. The third-order valence-electron chi connectivity index (χ3n) is 5.55. The van der Waals surface area contributed by atoms with Crippen LogP contribution < -0.4 is 10.5 Å². The van der Waals surface area contributed by atoms with Gasteiger partial charge in [0, 0.05) is 12.1 Å².